The topological polar surface area (TPSA) is 92.5 Å². The van der Waals surface area contributed by atoms with Crippen molar-refractivity contribution in [2.75, 3.05) is 0 Å². The summed E-state index contributed by atoms with van der Waals surface area (Å²) in [6, 6.07) is 3.59. The van der Waals surface area contributed by atoms with Crippen LogP contribution in [0.25, 0.3) is 0 Å². The van der Waals surface area contributed by atoms with E-state index in [0.29, 0.717) is 5.56 Å². The van der Waals surface area contributed by atoms with E-state index in [1.807, 2.05) is 0 Å². The predicted octanol–water partition coefficient (Wildman–Crippen LogP) is 0.625. The molecule has 0 aliphatic heterocycles. The van der Waals surface area contributed by atoms with Crippen molar-refractivity contribution in [3.05, 3.63) is 33.9 Å². The van der Waals surface area contributed by atoms with Gasteiger partial charge in [-0.25, -0.2) is 0 Å². The van der Waals surface area contributed by atoms with Gasteiger partial charge >= 0.3 is 0 Å². The number of carbonyl (C=O) groups is 1. The highest BCUT2D eigenvalue weighted by molar-refractivity contribution is 5.60. The number of nitro benzene ring substituents is 1. The molecule has 0 amide bonds. The van der Waals surface area contributed by atoms with Crippen LogP contribution in [0.5, 0.6) is 5.75 Å². The van der Waals surface area contributed by atoms with Crippen molar-refractivity contribution >= 4 is 11.8 Å². The normalized spacial score (nSPS) is 9.50. The number of hydrogen-bond donors (Lipinski definition) is 0. The number of non-ortho nitro benzene ring substituents is 1. The van der Waals surface area contributed by atoms with Crippen LogP contribution < -0.4 is 9.84 Å². The summed E-state index contributed by atoms with van der Waals surface area (Å²) in [6.45, 7) is 1.51. The smallest absolute Gasteiger partial charge is 0.269 e. The van der Waals surface area contributed by atoms with Crippen LogP contribution in [0.4, 0.5) is 10.5 Å². The Labute approximate surface area is 78.9 Å². The number of carboxylic acid groups (broad SMARTS) is 1. The molecule has 14 heavy (non-hydrogen) atoms. The minimum absolute atomic E-state index is 0.0376. The molecule has 0 unspecified atom stereocenters. The Morgan fingerprint density at radius 3 is 2.57 bits per heavy atom. The number of hydrogen-bond acceptors (Lipinski definition) is 5. The number of aryl methyl sites for hydroxylation is 1. The van der Waals surface area contributed by atoms with E-state index < -0.39 is 11.1 Å². The molecule has 6 nitrogen and oxygen atoms in total. The van der Waals surface area contributed by atoms with Crippen molar-refractivity contribution in [3.63, 3.8) is 0 Å². The van der Waals surface area contributed by atoms with E-state index in [2.05, 4.69) is 4.74 Å². The average molecular weight is 196 g/mol. The van der Waals surface area contributed by atoms with Gasteiger partial charge in [-0.15, -0.1) is 0 Å². The van der Waals surface area contributed by atoms with E-state index in [1.54, 1.807) is 0 Å². The molecule has 0 saturated carbocycles. The average Bonchev–Trinajstić information content (AvgIpc) is 2.07. The molecular formula is C8H6NO5-. The largest absolute Gasteiger partial charge is 0.514 e. The first-order chi connectivity index (χ1) is 6.50. The summed E-state index contributed by atoms with van der Waals surface area (Å²) in [4.78, 5) is 19.8. The summed E-state index contributed by atoms with van der Waals surface area (Å²) < 4.78 is 4.26. The summed E-state index contributed by atoms with van der Waals surface area (Å²) in [5, 5.41) is 20.4. The van der Waals surface area contributed by atoms with E-state index in [1.165, 1.54) is 19.1 Å². The third-order valence-electron chi connectivity index (χ3n) is 1.56. The molecule has 74 valence electrons. The number of rotatable bonds is 2. The van der Waals surface area contributed by atoms with Crippen molar-refractivity contribution < 1.29 is 19.6 Å². The Morgan fingerprint density at radius 2 is 2.14 bits per heavy atom. The van der Waals surface area contributed by atoms with E-state index in [0.717, 1.165) is 6.07 Å². The summed E-state index contributed by atoms with van der Waals surface area (Å²) in [6.07, 6.45) is -1.69. The van der Waals surface area contributed by atoms with Gasteiger partial charge in [-0.1, -0.05) is 0 Å². The van der Waals surface area contributed by atoms with Gasteiger partial charge in [0.1, 0.15) is 0 Å². The van der Waals surface area contributed by atoms with E-state index in [9.17, 15) is 20.0 Å². The lowest BCUT2D eigenvalue weighted by molar-refractivity contribution is -0.384. The van der Waals surface area contributed by atoms with Crippen molar-refractivity contribution in [2.45, 2.75) is 6.92 Å². The van der Waals surface area contributed by atoms with Gasteiger partial charge in [-0.3, -0.25) is 10.1 Å². The van der Waals surface area contributed by atoms with Crippen LogP contribution in [0, 0.1) is 17.0 Å². The minimum Gasteiger partial charge on any atom is -0.514 e. The zero-order valence-corrected chi connectivity index (χ0v) is 7.22. The van der Waals surface area contributed by atoms with Crippen molar-refractivity contribution in [1.82, 2.24) is 0 Å². The van der Waals surface area contributed by atoms with Gasteiger partial charge in [0.2, 0.25) is 0 Å². The molecule has 1 aromatic carbocycles. The van der Waals surface area contributed by atoms with Crippen LogP contribution in [-0.2, 0) is 0 Å². The highest BCUT2D eigenvalue weighted by Gasteiger charge is 2.07. The van der Waals surface area contributed by atoms with E-state index in [4.69, 9.17) is 0 Å². The Kier molecular flexibility index (Phi) is 2.66. The number of carbonyl (C=O) groups excluding carboxylic acids is 1. The molecule has 0 spiro atoms. The molecule has 0 bridgehead atoms. The van der Waals surface area contributed by atoms with Crippen LogP contribution in [-0.4, -0.2) is 11.1 Å². The maximum absolute atomic E-state index is 10.3. The first-order valence-corrected chi connectivity index (χ1v) is 3.64. The summed E-state index contributed by atoms with van der Waals surface area (Å²) in [5.74, 6) is 0.0376. The minimum atomic E-state index is -1.69. The van der Waals surface area contributed by atoms with Gasteiger partial charge in [0.25, 0.3) is 11.8 Å². The second-order valence-corrected chi connectivity index (χ2v) is 2.56. The molecule has 0 saturated heterocycles. The molecule has 0 N–H and O–H groups in total. The van der Waals surface area contributed by atoms with E-state index >= 15 is 0 Å². The van der Waals surface area contributed by atoms with Gasteiger partial charge in [0.05, 0.1) is 10.7 Å². The Hall–Kier alpha value is -2.11. The van der Waals surface area contributed by atoms with Crippen LogP contribution in [0.1, 0.15) is 5.56 Å². The molecule has 0 heterocycles. The van der Waals surface area contributed by atoms with Crippen LogP contribution >= 0.6 is 0 Å². The second kappa shape index (κ2) is 3.73. The fourth-order valence-electron chi connectivity index (χ4n) is 0.951. The second-order valence-electron chi connectivity index (χ2n) is 2.56. The molecule has 0 aromatic heterocycles. The number of nitrogens with zero attached hydrogens (tertiary/aromatic N) is 1. The molecule has 6 heteroatoms. The Bertz CT molecular complexity index is 387. The van der Waals surface area contributed by atoms with E-state index in [-0.39, 0.29) is 11.4 Å². The molecule has 1 aromatic rings. The van der Waals surface area contributed by atoms with Gasteiger partial charge < -0.3 is 14.6 Å². The third kappa shape index (κ3) is 2.19. The standard InChI is InChI=1S/C8H7NO5/c1-5-4-6(9(12)13)2-3-7(5)14-8(10)11/h2-4H,1H3,(H,10,11)/p-1. The molecular weight excluding hydrogens is 190 g/mol. The molecule has 0 atom stereocenters. The zero-order valence-electron chi connectivity index (χ0n) is 7.22. The quantitative estimate of drug-likeness (QED) is 0.299. The fraction of sp³-hybridized carbons (Fsp3) is 0.125. The van der Waals surface area contributed by atoms with Gasteiger partial charge in [0, 0.05) is 12.1 Å². The number of ether oxygens (including phenoxy) is 1. The predicted molar refractivity (Wildman–Crippen MR) is 43.9 cm³/mol. The summed E-state index contributed by atoms with van der Waals surface area (Å²) in [5.41, 5.74) is 0.247. The molecule has 0 aliphatic carbocycles. The lowest BCUT2D eigenvalue weighted by atomic mass is 10.2. The van der Waals surface area contributed by atoms with Gasteiger partial charge in [0.15, 0.2) is 0 Å². The number of nitro groups is 1. The van der Waals surface area contributed by atoms with Crippen LogP contribution in [0.2, 0.25) is 0 Å². The van der Waals surface area contributed by atoms with Crippen molar-refractivity contribution in [2.24, 2.45) is 0 Å². The SMILES string of the molecule is Cc1cc([N+](=O)[O-])ccc1OC(=O)[O-]. The highest BCUT2D eigenvalue weighted by Crippen LogP contribution is 2.22. The van der Waals surface area contributed by atoms with Gasteiger partial charge in [-0.05, 0) is 18.6 Å². The summed E-state index contributed by atoms with van der Waals surface area (Å²) >= 11 is 0. The fourth-order valence-corrected chi connectivity index (χ4v) is 0.951. The first kappa shape index (κ1) is 9.97. The van der Waals surface area contributed by atoms with Crippen molar-refractivity contribution in [3.8, 4) is 5.75 Å². The van der Waals surface area contributed by atoms with Gasteiger partial charge in [-0.2, -0.15) is 0 Å². The molecule has 0 radical (unpaired) electrons. The zero-order chi connectivity index (χ0) is 10.7. The lowest BCUT2D eigenvalue weighted by Gasteiger charge is -2.10. The highest BCUT2D eigenvalue weighted by atomic mass is 16.7. The Morgan fingerprint density at radius 1 is 1.50 bits per heavy atom. The lowest BCUT2D eigenvalue weighted by Crippen LogP contribution is -2.26. The van der Waals surface area contributed by atoms with Crippen LogP contribution in [0.15, 0.2) is 18.2 Å². The molecule has 0 fully saturated rings. The maximum Gasteiger partial charge on any atom is 0.269 e. The molecule has 0 aliphatic rings. The van der Waals surface area contributed by atoms with Crippen LogP contribution in [0.3, 0.4) is 0 Å². The molecule has 1 rings (SSSR count). The maximum atomic E-state index is 10.3. The first-order valence-electron chi connectivity index (χ1n) is 3.64. The Balaban J connectivity index is 3.01. The number of benzene rings is 1. The monoisotopic (exact) mass is 196 g/mol. The summed E-state index contributed by atoms with van der Waals surface area (Å²) in [7, 11) is 0. The third-order valence-corrected chi connectivity index (χ3v) is 1.56. The van der Waals surface area contributed by atoms with Crippen molar-refractivity contribution in [1.29, 1.82) is 0 Å².